The molecule has 0 aromatic carbocycles. The summed E-state index contributed by atoms with van der Waals surface area (Å²) in [7, 11) is 0. The normalized spacial score (nSPS) is 22.7. The fraction of sp³-hybridized carbons (Fsp3) is 0.714. The number of nitrogens with zero attached hydrogens (tertiary/aromatic N) is 1. The molecule has 1 amide bonds. The highest BCUT2D eigenvalue weighted by Crippen LogP contribution is 2.25. The molecule has 0 bridgehead atoms. The highest BCUT2D eigenvalue weighted by Gasteiger charge is 2.22. The van der Waals surface area contributed by atoms with Gasteiger partial charge in [-0.25, -0.2) is 0 Å². The van der Waals surface area contributed by atoms with Crippen LogP contribution in [-0.4, -0.2) is 22.9 Å². The second kappa shape index (κ2) is 6.46. The number of thioether (sulfide) groups is 1. The average molecular weight is 282 g/mol. The van der Waals surface area contributed by atoms with Crippen molar-refractivity contribution in [2.45, 2.75) is 51.8 Å². The third kappa shape index (κ3) is 4.00. The number of aryl methyl sites for hydroxylation is 2. The summed E-state index contributed by atoms with van der Waals surface area (Å²) in [6.07, 6.45) is 3.49. The van der Waals surface area contributed by atoms with Crippen molar-refractivity contribution >= 4 is 17.7 Å². The summed E-state index contributed by atoms with van der Waals surface area (Å²) in [4.78, 5) is 11.8. The number of carbonyl (C=O) groups excluding carboxylic acids is 1. The molecule has 0 aliphatic heterocycles. The summed E-state index contributed by atoms with van der Waals surface area (Å²) < 4.78 is 5.11. The van der Waals surface area contributed by atoms with E-state index < -0.39 is 0 Å². The lowest BCUT2D eigenvalue weighted by molar-refractivity contribution is -0.119. The van der Waals surface area contributed by atoms with Gasteiger partial charge in [-0.1, -0.05) is 12.1 Å². The number of amides is 1. The van der Waals surface area contributed by atoms with Gasteiger partial charge in [0.05, 0.1) is 11.4 Å². The number of rotatable bonds is 5. The SMILES string of the molecule is Cc1noc(C)c1CSCC(=O)NC1CCC(C)C1. The van der Waals surface area contributed by atoms with E-state index in [1.165, 1.54) is 6.42 Å². The first-order valence-corrected chi connectivity index (χ1v) is 8.00. The molecule has 1 aromatic heterocycles. The van der Waals surface area contributed by atoms with E-state index in [9.17, 15) is 4.79 Å². The van der Waals surface area contributed by atoms with E-state index in [0.717, 1.165) is 41.5 Å². The van der Waals surface area contributed by atoms with Crippen molar-refractivity contribution in [1.29, 1.82) is 0 Å². The Morgan fingerprint density at radius 2 is 2.26 bits per heavy atom. The molecule has 4 nitrogen and oxygen atoms in total. The van der Waals surface area contributed by atoms with Crippen LogP contribution in [0.15, 0.2) is 4.52 Å². The Balaban J connectivity index is 1.69. The summed E-state index contributed by atoms with van der Waals surface area (Å²) in [5, 5.41) is 7.04. The predicted molar refractivity (Wildman–Crippen MR) is 77.1 cm³/mol. The van der Waals surface area contributed by atoms with Gasteiger partial charge in [0.15, 0.2) is 0 Å². The Kier molecular flexibility index (Phi) is 4.91. The zero-order valence-electron chi connectivity index (χ0n) is 11.9. The maximum Gasteiger partial charge on any atom is 0.230 e. The lowest BCUT2D eigenvalue weighted by Crippen LogP contribution is -2.34. The summed E-state index contributed by atoms with van der Waals surface area (Å²) in [6.45, 7) is 6.10. The highest BCUT2D eigenvalue weighted by molar-refractivity contribution is 7.99. The van der Waals surface area contributed by atoms with Gasteiger partial charge >= 0.3 is 0 Å². The van der Waals surface area contributed by atoms with Crippen molar-refractivity contribution in [3.63, 3.8) is 0 Å². The van der Waals surface area contributed by atoms with E-state index in [1.54, 1.807) is 11.8 Å². The Bertz CT molecular complexity index is 425. The average Bonchev–Trinajstić information content (AvgIpc) is 2.89. The highest BCUT2D eigenvalue weighted by atomic mass is 32.2. The summed E-state index contributed by atoms with van der Waals surface area (Å²) >= 11 is 1.62. The summed E-state index contributed by atoms with van der Waals surface area (Å²) in [5.41, 5.74) is 2.04. The maximum atomic E-state index is 11.8. The van der Waals surface area contributed by atoms with Crippen LogP contribution in [0.5, 0.6) is 0 Å². The Labute approximate surface area is 118 Å². The number of aromatic nitrogens is 1. The van der Waals surface area contributed by atoms with E-state index in [0.29, 0.717) is 11.8 Å². The van der Waals surface area contributed by atoms with Crippen molar-refractivity contribution in [2.75, 3.05) is 5.75 Å². The Morgan fingerprint density at radius 3 is 2.84 bits per heavy atom. The molecule has 2 atom stereocenters. The minimum atomic E-state index is 0.149. The lowest BCUT2D eigenvalue weighted by Gasteiger charge is -2.12. The number of hydrogen-bond donors (Lipinski definition) is 1. The fourth-order valence-electron chi connectivity index (χ4n) is 2.56. The topological polar surface area (TPSA) is 55.1 Å². The molecule has 2 rings (SSSR count). The molecule has 0 spiro atoms. The standard InChI is InChI=1S/C14H22N2O2S/c1-9-4-5-12(6-9)15-14(17)8-19-7-13-10(2)16-18-11(13)3/h9,12H,4-8H2,1-3H3,(H,15,17). The van der Waals surface area contributed by atoms with Crippen LogP contribution in [0.2, 0.25) is 0 Å². The van der Waals surface area contributed by atoms with Gasteiger partial charge in [-0.2, -0.15) is 0 Å². The molecule has 0 saturated heterocycles. The lowest BCUT2D eigenvalue weighted by atomic mass is 10.1. The van der Waals surface area contributed by atoms with Gasteiger partial charge in [0.1, 0.15) is 5.76 Å². The number of carbonyl (C=O) groups is 1. The van der Waals surface area contributed by atoms with Gasteiger partial charge < -0.3 is 9.84 Å². The molecule has 2 unspecified atom stereocenters. The molecule has 0 radical (unpaired) electrons. The van der Waals surface area contributed by atoms with Crippen LogP contribution in [0, 0.1) is 19.8 Å². The third-order valence-corrected chi connectivity index (χ3v) is 4.68. The molecule has 1 fully saturated rings. The van der Waals surface area contributed by atoms with Gasteiger partial charge in [-0.05, 0) is 39.0 Å². The van der Waals surface area contributed by atoms with Gasteiger partial charge in [-0.15, -0.1) is 11.8 Å². The molecule has 1 aliphatic rings. The van der Waals surface area contributed by atoms with Crippen LogP contribution in [0.4, 0.5) is 0 Å². The van der Waals surface area contributed by atoms with Crippen molar-refractivity contribution in [2.24, 2.45) is 5.92 Å². The number of nitrogens with one attached hydrogen (secondary N) is 1. The largest absolute Gasteiger partial charge is 0.361 e. The minimum Gasteiger partial charge on any atom is -0.361 e. The summed E-state index contributed by atoms with van der Waals surface area (Å²) in [6, 6.07) is 0.391. The monoisotopic (exact) mass is 282 g/mol. The molecule has 1 saturated carbocycles. The molecule has 5 heteroatoms. The van der Waals surface area contributed by atoms with Crippen LogP contribution in [-0.2, 0) is 10.5 Å². The zero-order valence-corrected chi connectivity index (χ0v) is 12.7. The summed E-state index contributed by atoms with van der Waals surface area (Å²) in [5.74, 6) is 3.05. The number of hydrogen-bond acceptors (Lipinski definition) is 4. The molecule has 1 N–H and O–H groups in total. The molecule has 19 heavy (non-hydrogen) atoms. The first kappa shape index (κ1) is 14.4. The quantitative estimate of drug-likeness (QED) is 0.902. The third-order valence-electron chi connectivity index (χ3n) is 3.72. The molecule has 1 heterocycles. The molecule has 106 valence electrons. The first-order chi connectivity index (χ1) is 9.06. The minimum absolute atomic E-state index is 0.149. The van der Waals surface area contributed by atoms with Gasteiger partial charge in [0, 0.05) is 17.4 Å². The second-order valence-corrected chi connectivity index (χ2v) is 6.46. The molecular formula is C14H22N2O2S. The molecule has 1 aromatic rings. The van der Waals surface area contributed by atoms with E-state index in [4.69, 9.17) is 4.52 Å². The van der Waals surface area contributed by atoms with E-state index in [1.807, 2.05) is 13.8 Å². The Morgan fingerprint density at radius 1 is 1.47 bits per heavy atom. The van der Waals surface area contributed by atoms with Gasteiger partial charge in [-0.3, -0.25) is 4.79 Å². The molecular weight excluding hydrogens is 260 g/mol. The fourth-order valence-corrected chi connectivity index (χ4v) is 3.55. The van der Waals surface area contributed by atoms with Crippen LogP contribution >= 0.6 is 11.8 Å². The van der Waals surface area contributed by atoms with Crippen molar-refractivity contribution < 1.29 is 9.32 Å². The maximum absolute atomic E-state index is 11.8. The van der Waals surface area contributed by atoms with Crippen LogP contribution in [0.1, 0.15) is 43.2 Å². The van der Waals surface area contributed by atoms with Crippen molar-refractivity contribution in [1.82, 2.24) is 10.5 Å². The Hall–Kier alpha value is -0.970. The van der Waals surface area contributed by atoms with Gasteiger partial charge in [0.25, 0.3) is 0 Å². The molecule has 1 aliphatic carbocycles. The van der Waals surface area contributed by atoms with Crippen molar-refractivity contribution in [3.05, 3.63) is 17.0 Å². The van der Waals surface area contributed by atoms with E-state index in [2.05, 4.69) is 17.4 Å². The smallest absolute Gasteiger partial charge is 0.230 e. The van der Waals surface area contributed by atoms with Crippen LogP contribution < -0.4 is 5.32 Å². The van der Waals surface area contributed by atoms with Crippen molar-refractivity contribution in [3.8, 4) is 0 Å². The zero-order chi connectivity index (χ0) is 13.8. The first-order valence-electron chi connectivity index (χ1n) is 6.85. The van der Waals surface area contributed by atoms with E-state index >= 15 is 0 Å². The van der Waals surface area contributed by atoms with Gasteiger partial charge in [0.2, 0.25) is 5.91 Å². The van der Waals surface area contributed by atoms with Crippen LogP contribution in [0.25, 0.3) is 0 Å². The van der Waals surface area contributed by atoms with Crippen LogP contribution in [0.3, 0.4) is 0 Å². The van der Waals surface area contributed by atoms with E-state index in [-0.39, 0.29) is 5.91 Å². The second-order valence-electron chi connectivity index (χ2n) is 5.48. The predicted octanol–water partition coefficient (Wildman–Crippen LogP) is 2.83.